The van der Waals surface area contributed by atoms with Crippen LogP contribution < -0.4 is 29.9 Å². The normalized spacial score (nSPS) is 17.0. The van der Waals surface area contributed by atoms with E-state index in [0.29, 0.717) is 39.0 Å². The third kappa shape index (κ3) is 7.15. The van der Waals surface area contributed by atoms with Crippen molar-refractivity contribution in [2.75, 3.05) is 24.7 Å². The Morgan fingerprint density at radius 1 is 0.941 bits per heavy atom. The average molecular weight is 735 g/mol. The van der Waals surface area contributed by atoms with Gasteiger partial charge in [-0.05, 0) is 72.7 Å². The van der Waals surface area contributed by atoms with Crippen molar-refractivity contribution in [3.63, 3.8) is 0 Å². The largest absolute Gasteiger partial charge is 0.545 e. The zero-order valence-corrected chi connectivity index (χ0v) is 32.0. The maximum absolute atomic E-state index is 12.7. The number of anilines is 1. The van der Waals surface area contributed by atoms with Crippen molar-refractivity contribution < 1.29 is 40.2 Å². The van der Waals surface area contributed by atoms with Crippen molar-refractivity contribution in [3.8, 4) is 11.5 Å². The summed E-state index contributed by atoms with van der Waals surface area (Å²) in [7, 11) is -3.50. The van der Waals surface area contributed by atoms with E-state index in [1.807, 2.05) is 68.9 Å². The number of fused-ring (bicyclic) bond motifs is 4. The first-order valence-electron chi connectivity index (χ1n) is 16.2. The predicted octanol–water partition coefficient (Wildman–Crippen LogP) is 3.51. The zero-order chi connectivity index (χ0) is 38.2. The van der Waals surface area contributed by atoms with Crippen LogP contribution in [0.25, 0.3) is 16.7 Å². The molecule has 13 heteroatoms. The Hall–Kier alpha value is -4.59. The van der Waals surface area contributed by atoms with Crippen LogP contribution in [0.15, 0.2) is 54.6 Å². The predicted molar refractivity (Wildman–Crippen MR) is 195 cm³/mol. The summed E-state index contributed by atoms with van der Waals surface area (Å²) in [4.78, 5) is 14.9. The van der Waals surface area contributed by atoms with E-state index in [1.165, 1.54) is 0 Å². The highest BCUT2D eigenvalue weighted by Gasteiger charge is 2.36. The molecule has 0 amide bonds. The number of aromatic carboxylic acids is 1. The lowest BCUT2D eigenvalue weighted by Crippen LogP contribution is -2.47. The van der Waals surface area contributed by atoms with E-state index in [-0.39, 0.29) is 16.5 Å². The van der Waals surface area contributed by atoms with Gasteiger partial charge >= 0.3 is 10.6 Å². The smallest absolute Gasteiger partial charge is 0.425 e. The molecule has 0 saturated heterocycles. The van der Waals surface area contributed by atoms with Gasteiger partial charge in [0.15, 0.2) is 5.54 Å². The van der Waals surface area contributed by atoms with Gasteiger partial charge in [0.05, 0.1) is 23.1 Å². The molecule has 0 spiro atoms. The molecule has 270 valence electrons. The first-order chi connectivity index (χ1) is 23.3. The number of nitrogens with zero attached hydrogens (tertiary/aromatic N) is 2. The average Bonchev–Trinajstić information content (AvgIpc) is 2.98. The van der Waals surface area contributed by atoms with E-state index < -0.39 is 38.0 Å². The summed E-state index contributed by atoms with van der Waals surface area (Å²) < 4.78 is 68.5. The van der Waals surface area contributed by atoms with Gasteiger partial charge in [0.1, 0.15) is 24.3 Å². The molecular weight excluding hydrogens is 693 g/mol. The number of likely N-dealkylation sites (N-methyl/N-ethyl adjacent to an activating group) is 2. The first-order valence-corrected chi connectivity index (χ1v) is 18.8. The second kappa shape index (κ2) is 12.6. The van der Waals surface area contributed by atoms with E-state index in [0.717, 1.165) is 33.3 Å². The van der Waals surface area contributed by atoms with Gasteiger partial charge in [-0.3, -0.25) is 4.55 Å². The number of carbonyl (C=O) groups excluding carboxylic acids is 1. The summed E-state index contributed by atoms with van der Waals surface area (Å²) in [5, 5.41) is 14.1. The van der Waals surface area contributed by atoms with Crippen LogP contribution in [-0.2, 0) is 26.1 Å². The van der Waals surface area contributed by atoms with E-state index in [4.69, 9.17) is 17.4 Å². The van der Waals surface area contributed by atoms with Crippen molar-refractivity contribution in [3.05, 3.63) is 98.6 Å². The fraction of sp³-hybridized carbons (Fsp3) is 0.368. The molecule has 3 aliphatic rings. The molecule has 3 aromatic rings. The minimum atomic E-state index is -4.36. The van der Waals surface area contributed by atoms with Gasteiger partial charge in [0.25, 0.3) is 10.1 Å². The summed E-state index contributed by atoms with van der Waals surface area (Å²) in [5.41, 5.74) is 5.91. The first kappa shape index (κ1) is 37.7. The van der Waals surface area contributed by atoms with Crippen LogP contribution in [0, 0.1) is 0 Å². The molecule has 0 radical (unpaired) electrons. The second-order valence-electron chi connectivity index (χ2n) is 15.4. The van der Waals surface area contributed by atoms with Crippen molar-refractivity contribution in [1.82, 2.24) is 4.58 Å². The van der Waals surface area contributed by atoms with Gasteiger partial charge in [-0.2, -0.15) is 8.42 Å². The minimum Gasteiger partial charge on any atom is -0.545 e. The van der Waals surface area contributed by atoms with Crippen molar-refractivity contribution in [2.45, 2.75) is 71.9 Å². The van der Waals surface area contributed by atoms with E-state index >= 15 is 0 Å². The molecule has 3 aliphatic heterocycles. The lowest BCUT2D eigenvalue weighted by molar-refractivity contribution is -0.255. The molecule has 0 saturated carbocycles. The molecule has 11 nitrogen and oxygen atoms in total. The number of rotatable bonds is 4. The molecule has 0 unspecified atom stereocenters. The van der Waals surface area contributed by atoms with Gasteiger partial charge in [0.2, 0.25) is 5.36 Å². The van der Waals surface area contributed by atoms with Crippen molar-refractivity contribution >= 4 is 49.1 Å². The number of carbonyl (C=O) groups is 1. The molecule has 0 atom stereocenters. The van der Waals surface area contributed by atoms with Crippen LogP contribution in [0.2, 0.25) is 0 Å². The van der Waals surface area contributed by atoms with E-state index in [2.05, 4.69) is 58.6 Å². The Bertz CT molecular complexity index is 2450. The van der Waals surface area contributed by atoms with Crippen LogP contribution in [0.4, 0.5) is 5.69 Å². The number of hydrogen-bond donors (Lipinski definition) is 1. The molecule has 51 heavy (non-hydrogen) atoms. The Labute approximate surface area is 299 Å². The maximum atomic E-state index is 12.7. The summed E-state index contributed by atoms with van der Waals surface area (Å²) in [5.74, 6) is -0.769. The Morgan fingerprint density at radius 3 is 2.14 bits per heavy atom. The lowest BCUT2D eigenvalue weighted by Gasteiger charge is -2.41. The molecule has 1 N–H and O–H groups in total. The zero-order valence-electron chi connectivity index (χ0n) is 30.3. The van der Waals surface area contributed by atoms with Gasteiger partial charge in [0, 0.05) is 60.1 Å². The number of benzene rings is 3. The van der Waals surface area contributed by atoms with Crippen LogP contribution in [0.5, 0.6) is 11.5 Å². The fourth-order valence-corrected chi connectivity index (χ4v) is 7.65. The summed E-state index contributed by atoms with van der Waals surface area (Å²) in [6.45, 7) is 16.5. The van der Waals surface area contributed by atoms with Gasteiger partial charge in [-0.1, -0.05) is 39.0 Å². The summed E-state index contributed by atoms with van der Waals surface area (Å²) >= 11 is 0. The molecule has 6 rings (SSSR count). The molecule has 3 aromatic carbocycles. The molecule has 0 bridgehead atoms. The molecular formula is C38H42N2O9S2. The Balaban J connectivity index is 0.00000120. The van der Waals surface area contributed by atoms with Crippen LogP contribution in [-0.4, -0.2) is 62.5 Å². The highest BCUT2D eigenvalue weighted by atomic mass is 32.2. The highest BCUT2D eigenvalue weighted by molar-refractivity contribution is 7.86. The number of carboxylic acid groups (broad SMARTS) is 1. The standard InChI is InChI=1S/C38H42N2O6S.O3S/c1-21-18-37(5,6)39(9)30-16-32-28(14-25(21)30)34(27-13-23(36(2,3)4)11-12-24(27)35(41)42)29-15-26-22(20-47(43,44)45)19-38(7,8)40(10)31(26)17-33(29)46-32;1-4(2)3/h11-19H,20H2,1-10H3,(H-,41,42,43,44,45);. The second-order valence-corrected chi connectivity index (χ2v) is 17.2. The van der Waals surface area contributed by atoms with E-state index in [9.17, 15) is 22.9 Å². The Morgan fingerprint density at radius 2 is 1.57 bits per heavy atom. The molecule has 3 heterocycles. The van der Waals surface area contributed by atoms with Crippen LogP contribution >= 0.6 is 0 Å². The number of hydrogen-bond acceptors (Lipinski definition) is 9. The van der Waals surface area contributed by atoms with E-state index in [1.54, 1.807) is 6.07 Å². The minimum absolute atomic E-state index is 0.0414. The highest BCUT2D eigenvalue weighted by Crippen LogP contribution is 2.46. The number of allylic oxidation sites excluding steroid dienone is 1. The fourth-order valence-electron chi connectivity index (χ4n) is 7.02. The maximum Gasteiger partial charge on any atom is 0.425 e. The molecule has 0 aromatic heterocycles. The monoisotopic (exact) mass is 734 g/mol. The SMILES string of the molecule is CC1=CC(C)(C)N(C)c2cc3c(cc21)C(c1cc(C(C)(C)C)ccc1C(=O)[O-])=c1cc2c(cc1O3)=[N+](C)C(C)(C)C=C2CS(=O)(=O)O.O=S(=O)=O. The Kier molecular flexibility index (Phi) is 9.28. The summed E-state index contributed by atoms with van der Waals surface area (Å²) in [6.07, 6.45) is 4.06. The number of carboxylic acids is 1. The third-order valence-electron chi connectivity index (χ3n) is 9.99. The summed E-state index contributed by atoms with van der Waals surface area (Å²) in [6, 6.07) is 13.2. The topological polar surface area (TPSA) is 161 Å². The van der Waals surface area contributed by atoms with Crippen LogP contribution in [0.1, 0.15) is 93.6 Å². The quantitative estimate of drug-likeness (QED) is 0.243. The van der Waals surface area contributed by atoms with Crippen molar-refractivity contribution in [1.29, 1.82) is 0 Å². The molecule has 0 aliphatic carbocycles. The van der Waals surface area contributed by atoms with Gasteiger partial charge in [-0.25, -0.2) is 4.58 Å². The lowest BCUT2D eigenvalue weighted by atomic mass is 9.80. The van der Waals surface area contributed by atoms with Crippen molar-refractivity contribution in [2.24, 2.45) is 0 Å². The van der Waals surface area contributed by atoms with Crippen LogP contribution in [0.3, 0.4) is 0 Å². The molecule has 0 fully saturated rings. The third-order valence-corrected chi connectivity index (χ3v) is 10.7. The van der Waals surface area contributed by atoms with Gasteiger partial charge in [-0.15, -0.1) is 12.6 Å². The number of ether oxygens (including phenoxy) is 1. The van der Waals surface area contributed by atoms with Gasteiger partial charge < -0.3 is 19.5 Å².